The first-order valence-electron chi connectivity index (χ1n) is 8.66. The zero-order valence-corrected chi connectivity index (χ0v) is 15.0. The number of carbonyl (C=O) groups excluding carboxylic acids is 3. The van der Waals surface area contributed by atoms with Crippen LogP contribution in [0.3, 0.4) is 0 Å². The fourth-order valence-corrected chi connectivity index (χ4v) is 3.25. The van der Waals surface area contributed by atoms with Gasteiger partial charge < -0.3 is 9.47 Å². The van der Waals surface area contributed by atoms with E-state index >= 15 is 0 Å². The molecule has 0 bridgehead atoms. The number of fused-ring (bicyclic) bond motifs is 1. The van der Waals surface area contributed by atoms with E-state index < -0.39 is 29.7 Å². The van der Waals surface area contributed by atoms with E-state index in [1.165, 1.54) is 7.11 Å². The number of methoxy groups -OCH3 is 1. The van der Waals surface area contributed by atoms with Crippen molar-refractivity contribution in [1.29, 1.82) is 0 Å². The van der Waals surface area contributed by atoms with Crippen LogP contribution >= 0.6 is 0 Å². The zero-order chi connectivity index (χ0) is 19.7. The number of nitrogens with zero attached hydrogens (tertiary/aromatic N) is 2. The van der Waals surface area contributed by atoms with Gasteiger partial charge in [-0.05, 0) is 29.8 Å². The largest absolute Gasteiger partial charge is 0.489 e. The molecule has 2 aromatic rings. The summed E-state index contributed by atoms with van der Waals surface area (Å²) >= 11 is 0. The summed E-state index contributed by atoms with van der Waals surface area (Å²) in [6.45, 7) is 0.411. The van der Waals surface area contributed by atoms with Crippen molar-refractivity contribution in [2.45, 2.75) is 12.6 Å². The second-order valence-corrected chi connectivity index (χ2v) is 6.35. The van der Waals surface area contributed by atoms with E-state index in [1.54, 1.807) is 24.3 Å². The molecule has 0 saturated carbocycles. The van der Waals surface area contributed by atoms with Crippen LogP contribution in [0.15, 0.2) is 59.7 Å². The van der Waals surface area contributed by atoms with Crippen molar-refractivity contribution in [3.05, 3.63) is 60.2 Å². The number of rotatable bonds is 5. The standard InChI is InChI=1S/C20H17N3O5/c1-27-20(26)17-15-16(21-22-17)19(25)23(18(15)24)13-7-9-14(10-8-13)28-11-12-5-3-2-4-6-12/h2-10,15-16,21H,11H2,1H3. The topological polar surface area (TPSA) is 97.3 Å². The lowest BCUT2D eigenvalue weighted by atomic mass is 9.99. The Hall–Kier alpha value is -3.68. The lowest BCUT2D eigenvalue weighted by molar-refractivity contribution is -0.133. The third-order valence-corrected chi connectivity index (χ3v) is 4.66. The molecule has 2 aliphatic rings. The maximum Gasteiger partial charge on any atom is 0.355 e. The van der Waals surface area contributed by atoms with Gasteiger partial charge >= 0.3 is 5.97 Å². The SMILES string of the molecule is COC(=O)C1=NNC2C(=O)N(c3ccc(OCc4ccccc4)cc3)C(=O)C12. The van der Waals surface area contributed by atoms with Gasteiger partial charge in [-0.15, -0.1) is 0 Å². The molecule has 0 radical (unpaired) electrons. The van der Waals surface area contributed by atoms with Crippen LogP contribution in [0.2, 0.25) is 0 Å². The van der Waals surface area contributed by atoms with Crippen LogP contribution in [0.5, 0.6) is 5.75 Å². The number of hydrazone groups is 1. The Morgan fingerprint density at radius 2 is 1.79 bits per heavy atom. The van der Waals surface area contributed by atoms with E-state index in [0.29, 0.717) is 18.0 Å². The van der Waals surface area contributed by atoms with Crippen LogP contribution in [-0.2, 0) is 25.7 Å². The Balaban J connectivity index is 1.49. The summed E-state index contributed by atoms with van der Waals surface area (Å²) in [6.07, 6.45) is 0. The normalized spacial score (nSPS) is 20.5. The molecular formula is C20H17N3O5. The average Bonchev–Trinajstić information content (AvgIpc) is 3.27. The van der Waals surface area contributed by atoms with Gasteiger partial charge in [0.15, 0.2) is 5.71 Å². The molecule has 0 spiro atoms. The summed E-state index contributed by atoms with van der Waals surface area (Å²) in [6, 6.07) is 15.5. The summed E-state index contributed by atoms with van der Waals surface area (Å²) in [5.41, 5.74) is 3.91. The van der Waals surface area contributed by atoms with Gasteiger partial charge in [-0.2, -0.15) is 5.10 Å². The van der Waals surface area contributed by atoms with Crippen molar-refractivity contribution in [2.75, 3.05) is 12.0 Å². The summed E-state index contributed by atoms with van der Waals surface area (Å²) in [5, 5.41) is 3.79. The first kappa shape index (κ1) is 17.7. The molecule has 2 unspecified atom stereocenters. The van der Waals surface area contributed by atoms with Crippen LogP contribution < -0.4 is 15.1 Å². The lowest BCUT2D eigenvalue weighted by Gasteiger charge is -2.16. The highest BCUT2D eigenvalue weighted by atomic mass is 16.5. The molecule has 1 saturated heterocycles. The monoisotopic (exact) mass is 379 g/mol. The van der Waals surface area contributed by atoms with Gasteiger partial charge in [-0.25, -0.2) is 9.69 Å². The molecule has 28 heavy (non-hydrogen) atoms. The van der Waals surface area contributed by atoms with Crippen molar-refractivity contribution in [3.63, 3.8) is 0 Å². The molecule has 2 amide bonds. The summed E-state index contributed by atoms with van der Waals surface area (Å²) in [7, 11) is 1.20. The molecule has 142 valence electrons. The molecule has 4 rings (SSSR count). The molecule has 8 nitrogen and oxygen atoms in total. The summed E-state index contributed by atoms with van der Waals surface area (Å²) < 4.78 is 10.4. The van der Waals surface area contributed by atoms with Crippen LogP contribution in [0, 0.1) is 5.92 Å². The highest BCUT2D eigenvalue weighted by molar-refractivity contribution is 6.46. The highest BCUT2D eigenvalue weighted by Gasteiger charge is 2.55. The Bertz CT molecular complexity index is 956. The molecule has 2 aliphatic heterocycles. The summed E-state index contributed by atoms with van der Waals surface area (Å²) in [5.74, 6) is -2.07. The third-order valence-electron chi connectivity index (χ3n) is 4.66. The van der Waals surface area contributed by atoms with E-state index in [0.717, 1.165) is 10.5 Å². The second kappa shape index (κ2) is 7.15. The third kappa shape index (κ3) is 2.98. The quantitative estimate of drug-likeness (QED) is 0.620. The van der Waals surface area contributed by atoms with Crippen LogP contribution in [0.4, 0.5) is 5.69 Å². The van der Waals surface area contributed by atoms with Crippen LogP contribution in [0.25, 0.3) is 0 Å². The number of benzene rings is 2. The van der Waals surface area contributed by atoms with E-state index in [4.69, 9.17) is 4.74 Å². The van der Waals surface area contributed by atoms with Crippen molar-refractivity contribution in [3.8, 4) is 5.75 Å². The molecule has 1 N–H and O–H groups in total. The van der Waals surface area contributed by atoms with Gasteiger partial charge in [0.1, 0.15) is 24.3 Å². The minimum absolute atomic E-state index is 0.0869. The van der Waals surface area contributed by atoms with Gasteiger partial charge in [-0.3, -0.25) is 15.0 Å². The fourth-order valence-electron chi connectivity index (χ4n) is 3.25. The molecule has 0 aromatic heterocycles. The fraction of sp³-hybridized carbons (Fsp3) is 0.200. The van der Waals surface area contributed by atoms with Crippen molar-refractivity contribution in [1.82, 2.24) is 5.43 Å². The first-order valence-corrected chi connectivity index (χ1v) is 8.66. The molecule has 2 aromatic carbocycles. The zero-order valence-electron chi connectivity index (χ0n) is 15.0. The lowest BCUT2D eigenvalue weighted by Crippen LogP contribution is -2.36. The Morgan fingerprint density at radius 1 is 1.07 bits per heavy atom. The predicted molar refractivity (Wildman–Crippen MR) is 99.6 cm³/mol. The Morgan fingerprint density at radius 3 is 2.46 bits per heavy atom. The minimum Gasteiger partial charge on any atom is -0.489 e. The number of anilines is 1. The highest BCUT2D eigenvalue weighted by Crippen LogP contribution is 2.31. The van der Waals surface area contributed by atoms with E-state index in [9.17, 15) is 14.4 Å². The number of amides is 2. The maximum atomic E-state index is 12.8. The van der Waals surface area contributed by atoms with Gasteiger partial charge in [0.05, 0.1) is 12.8 Å². The number of esters is 1. The summed E-state index contributed by atoms with van der Waals surface area (Å²) in [4.78, 5) is 38.3. The number of hydrogen-bond acceptors (Lipinski definition) is 7. The average molecular weight is 379 g/mol. The van der Waals surface area contributed by atoms with Gasteiger partial charge in [0.2, 0.25) is 5.91 Å². The number of ether oxygens (including phenoxy) is 2. The van der Waals surface area contributed by atoms with E-state index in [1.807, 2.05) is 30.3 Å². The Labute approximate surface area is 160 Å². The van der Waals surface area contributed by atoms with Crippen molar-refractivity contribution < 1.29 is 23.9 Å². The molecule has 0 aliphatic carbocycles. The first-order chi connectivity index (χ1) is 13.6. The Kier molecular flexibility index (Phi) is 4.52. The molecule has 2 heterocycles. The van der Waals surface area contributed by atoms with E-state index in [-0.39, 0.29) is 5.71 Å². The smallest absolute Gasteiger partial charge is 0.355 e. The molecule has 1 fully saturated rings. The number of hydrogen-bond donors (Lipinski definition) is 1. The second-order valence-electron chi connectivity index (χ2n) is 6.35. The maximum absolute atomic E-state index is 12.8. The minimum atomic E-state index is -0.978. The van der Waals surface area contributed by atoms with E-state index in [2.05, 4.69) is 15.3 Å². The van der Waals surface area contributed by atoms with Crippen LogP contribution in [0.1, 0.15) is 5.56 Å². The van der Waals surface area contributed by atoms with Crippen LogP contribution in [-0.4, -0.2) is 36.6 Å². The van der Waals surface area contributed by atoms with Crippen molar-refractivity contribution in [2.24, 2.45) is 11.0 Å². The van der Waals surface area contributed by atoms with Gasteiger partial charge in [0.25, 0.3) is 5.91 Å². The number of nitrogens with one attached hydrogen (secondary N) is 1. The molecule has 2 atom stereocenters. The van der Waals surface area contributed by atoms with Gasteiger partial charge in [0, 0.05) is 0 Å². The van der Waals surface area contributed by atoms with Crippen molar-refractivity contribution >= 4 is 29.2 Å². The molecule has 8 heteroatoms. The predicted octanol–water partition coefficient (Wildman–Crippen LogP) is 1.26. The number of carbonyl (C=O) groups is 3. The van der Waals surface area contributed by atoms with Gasteiger partial charge in [-0.1, -0.05) is 30.3 Å². The number of imide groups is 1. The molecular weight excluding hydrogens is 362 g/mol.